The molecule has 1 N–H and O–H groups in total. The van der Waals surface area contributed by atoms with Gasteiger partial charge in [-0.3, -0.25) is 14.9 Å². The number of ether oxygens (including phenoxy) is 1. The lowest BCUT2D eigenvalue weighted by molar-refractivity contribution is -0.384. The Hall–Kier alpha value is -3.25. The molecule has 0 spiro atoms. The first-order chi connectivity index (χ1) is 13.1. The molecule has 0 aliphatic rings. The van der Waals surface area contributed by atoms with Crippen LogP contribution in [-0.2, 0) is 0 Å². The van der Waals surface area contributed by atoms with E-state index in [0.717, 1.165) is 19.5 Å². The molecule has 2 rings (SSSR count). The van der Waals surface area contributed by atoms with E-state index in [9.17, 15) is 14.9 Å². The SMILES string of the molecule is C=CCCNC/C=C/COc1ccc(C(=O)c2ccc([N+](=O)[O-])cc2)cc1. The molecule has 2 aromatic carbocycles. The van der Waals surface area contributed by atoms with Gasteiger partial charge >= 0.3 is 0 Å². The van der Waals surface area contributed by atoms with Crippen molar-refractivity contribution in [2.75, 3.05) is 19.7 Å². The average Bonchev–Trinajstić information content (AvgIpc) is 2.70. The number of rotatable bonds is 11. The third kappa shape index (κ3) is 6.52. The highest BCUT2D eigenvalue weighted by Gasteiger charge is 2.11. The summed E-state index contributed by atoms with van der Waals surface area (Å²) in [4.78, 5) is 22.6. The molecule has 0 radical (unpaired) electrons. The first-order valence-electron chi connectivity index (χ1n) is 8.60. The Bertz CT molecular complexity index is 796. The minimum atomic E-state index is -0.494. The lowest BCUT2D eigenvalue weighted by atomic mass is 10.0. The van der Waals surface area contributed by atoms with Crippen molar-refractivity contribution in [3.8, 4) is 5.75 Å². The van der Waals surface area contributed by atoms with E-state index < -0.39 is 4.92 Å². The van der Waals surface area contributed by atoms with Crippen molar-refractivity contribution in [2.45, 2.75) is 6.42 Å². The zero-order valence-electron chi connectivity index (χ0n) is 15.0. The molecule has 0 fully saturated rings. The van der Waals surface area contributed by atoms with Gasteiger partial charge in [-0.15, -0.1) is 6.58 Å². The fourth-order valence-electron chi connectivity index (χ4n) is 2.29. The molecule has 0 saturated heterocycles. The maximum absolute atomic E-state index is 12.4. The summed E-state index contributed by atoms with van der Waals surface area (Å²) in [7, 11) is 0. The zero-order valence-corrected chi connectivity index (χ0v) is 15.0. The predicted molar refractivity (Wildman–Crippen MR) is 105 cm³/mol. The van der Waals surface area contributed by atoms with Gasteiger partial charge in [0.2, 0.25) is 0 Å². The van der Waals surface area contributed by atoms with Crippen molar-refractivity contribution in [1.82, 2.24) is 5.32 Å². The van der Waals surface area contributed by atoms with Crippen LogP contribution in [0.2, 0.25) is 0 Å². The Morgan fingerprint density at radius 2 is 1.70 bits per heavy atom. The number of nitrogens with one attached hydrogen (secondary N) is 1. The summed E-state index contributed by atoms with van der Waals surface area (Å²) in [5.74, 6) is 0.474. The van der Waals surface area contributed by atoms with Crippen LogP contribution in [0.5, 0.6) is 5.75 Å². The average molecular weight is 366 g/mol. The number of hydrogen-bond donors (Lipinski definition) is 1. The molecule has 6 heteroatoms. The van der Waals surface area contributed by atoms with E-state index in [-0.39, 0.29) is 11.5 Å². The Morgan fingerprint density at radius 1 is 1.07 bits per heavy atom. The second-order valence-electron chi connectivity index (χ2n) is 5.72. The molecule has 0 heterocycles. The van der Waals surface area contributed by atoms with Crippen LogP contribution in [0.1, 0.15) is 22.3 Å². The van der Waals surface area contributed by atoms with E-state index in [1.807, 2.05) is 18.2 Å². The van der Waals surface area contributed by atoms with E-state index in [0.29, 0.717) is 23.5 Å². The maximum Gasteiger partial charge on any atom is 0.269 e. The molecule has 0 aliphatic carbocycles. The van der Waals surface area contributed by atoms with E-state index in [4.69, 9.17) is 4.74 Å². The van der Waals surface area contributed by atoms with Crippen molar-refractivity contribution >= 4 is 11.5 Å². The minimum absolute atomic E-state index is 0.0424. The molecule has 0 aliphatic heterocycles. The number of benzene rings is 2. The Labute approximate surface area is 158 Å². The minimum Gasteiger partial charge on any atom is -0.490 e. The number of ketones is 1. The number of nitrogens with zero attached hydrogens (tertiary/aromatic N) is 1. The standard InChI is InChI=1S/C21H22N2O4/c1-2-3-14-22-15-4-5-16-27-20-12-8-18(9-13-20)21(24)17-6-10-19(11-7-17)23(25)26/h2,4-13,22H,1,3,14-16H2/b5-4+. The molecule has 0 atom stereocenters. The number of carbonyl (C=O) groups excluding carboxylic acids is 1. The number of nitro groups is 1. The molecule has 0 amide bonds. The fraction of sp³-hybridized carbons (Fsp3) is 0.190. The van der Waals surface area contributed by atoms with Crippen LogP contribution in [0.4, 0.5) is 5.69 Å². The van der Waals surface area contributed by atoms with Gasteiger partial charge in [0.25, 0.3) is 5.69 Å². The highest BCUT2D eigenvalue weighted by Crippen LogP contribution is 2.18. The van der Waals surface area contributed by atoms with Gasteiger partial charge in [0.05, 0.1) is 4.92 Å². The monoisotopic (exact) mass is 366 g/mol. The van der Waals surface area contributed by atoms with Gasteiger partial charge < -0.3 is 10.1 Å². The highest BCUT2D eigenvalue weighted by atomic mass is 16.6. The zero-order chi connectivity index (χ0) is 19.5. The van der Waals surface area contributed by atoms with Crippen LogP contribution in [-0.4, -0.2) is 30.4 Å². The van der Waals surface area contributed by atoms with Crippen molar-refractivity contribution in [1.29, 1.82) is 0 Å². The van der Waals surface area contributed by atoms with Crippen LogP contribution >= 0.6 is 0 Å². The summed E-state index contributed by atoms with van der Waals surface area (Å²) in [6.45, 7) is 5.78. The van der Waals surface area contributed by atoms with Crippen molar-refractivity contribution < 1.29 is 14.5 Å². The smallest absolute Gasteiger partial charge is 0.269 e. The Morgan fingerprint density at radius 3 is 2.30 bits per heavy atom. The molecule has 0 unspecified atom stereocenters. The quantitative estimate of drug-likeness (QED) is 0.214. The topological polar surface area (TPSA) is 81.5 Å². The van der Waals surface area contributed by atoms with Gasteiger partial charge in [0, 0.05) is 29.8 Å². The summed E-state index contributed by atoms with van der Waals surface area (Å²) in [6, 6.07) is 12.4. The summed E-state index contributed by atoms with van der Waals surface area (Å²) >= 11 is 0. The first-order valence-corrected chi connectivity index (χ1v) is 8.60. The third-order valence-corrected chi connectivity index (χ3v) is 3.76. The molecular weight excluding hydrogens is 344 g/mol. The lowest BCUT2D eigenvalue weighted by Crippen LogP contribution is -2.14. The molecule has 0 saturated carbocycles. The van der Waals surface area contributed by atoms with E-state index in [1.165, 1.54) is 24.3 Å². The second-order valence-corrected chi connectivity index (χ2v) is 5.72. The van der Waals surface area contributed by atoms with Crippen molar-refractivity contribution in [3.05, 3.63) is 94.6 Å². The normalized spacial score (nSPS) is 10.7. The van der Waals surface area contributed by atoms with Crippen LogP contribution in [0.25, 0.3) is 0 Å². The molecule has 6 nitrogen and oxygen atoms in total. The van der Waals surface area contributed by atoms with Crippen LogP contribution in [0.15, 0.2) is 73.3 Å². The number of hydrogen-bond acceptors (Lipinski definition) is 5. The van der Waals surface area contributed by atoms with Crippen LogP contribution < -0.4 is 10.1 Å². The molecule has 0 bridgehead atoms. The molecule has 0 aromatic heterocycles. The molecule has 27 heavy (non-hydrogen) atoms. The Balaban J connectivity index is 1.83. The predicted octanol–water partition coefficient (Wildman–Crippen LogP) is 3.93. The van der Waals surface area contributed by atoms with Gasteiger partial charge in [0.1, 0.15) is 12.4 Å². The lowest BCUT2D eigenvalue weighted by Gasteiger charge is -2.05. The van der Waals surface area contributed by atoms with Gasteiger partial charge in [0.15, 0.2) is 5.78 Å². The summed E-state index contributed by atoms with van der Waals surface area (Å²) in [5, 5.41) is 13.9. The fourth-order valence-corrected chi connectivity index (χ4v) is 2.29. The molecule has 2 aromatic rings. The first kappa shape index (κ1) is 20.1. The molecular formula is C21H22N2O4. The summed E-state index contributed by atoms with van der Waals surface area (Å²) < 4.78 is 5.60. The van der Waals surface area contributed by atoms with Gasteiger partial charge in [-0.05, 0) is 49.4 Å². The second kappa shape index (κ2) is 10.7. The number of non-ortho nitro benzene ring substituents is 1. The van der Waals surface area contributed by atoms with E-state index in [2.05, 4.69) is 11.9 Å². The molecule has 140 valence electrons. The van der Waals surface area contributed by atoms with E-state index in [1.54, 1.807) is 24.3 Å². The van der Waals surface area contributed by atoms with Gasteiger partial charge in [-0.1, -0.05) is 18.2 Å². The van der Waals surface area contributed by atoms with Crippen LogP contribution in [0.3, 0.4) is 0 Å². The third-order valence-electron chi connectivity index (χ3n) is 3.76. The van der Waals surface area contributed by atoms with Crippen molar-refractivity contribution in [2.24, 2.45) is 0 Å². The number of nitro benzene ring substituents is 1. The number of carbonyl (C=O) groups is 1. The summed E-state index contributed by atoms with van der Waals surface area (Å²) in [5.41, 5.74) is 0.860. The largest absolute Gasteiger partial charge is 0.490 e. The van der Waals surface area contributed by atoms with Gasteiger partial charge in [-0.2, -0.15) is 0 Å². The van der Waals surface area contributed by atoms with Crippen LogP contribution in [0, 0.1) is 10.1 Å². The van der Waals surface area contributed by atoms with E-state index >= 15 is 0 Å². The van der Waals surface area contributed by atoms with Crippen molar-refractivity contribution in [3.63, 3.8) is 0 Å². The van der Waals surface area contributed by atoms with Gasteiger partial charge in [-0.25, -0.2) is 0 Å². The Kier molecular flexibility index (Phi) is 7.93. The maximum atomic E-state index is 12.4. The highest BCUT2D eigenvalue weighted by molar-refractivity contribution is 6.09. The summed E-state index contributed by atoms with van der Waals surface area (Å²) in [6.07, 6.45) is 6.73.